The predicted octanol–water partition coefficient (Wildman–Crippen LogP) is 2.92. The minimum absolute atomic E-state index is 0.387. The zero-order chi connectivity index (χ0) is 13.1. The molecule has 0 aliphatic heterocycles. The molecule has 5 heteroatoms. The van der Waals surface area contributed by atoms with Gasteiger partial charge in [0.15, 0.2) is 0 Å². The van der Waals surface area contributed by atoms with Crippen LogP contribution in [0.3, 0.4) is 0 Å². The van der Waals surface area contributed by atoms with E-state index in [0.717, 1.165) is 18.9 Å². The Labute approximate surface area is 111 Å². The number of benzene rings is 1. The van der Waals surface area contributed by atoms with Crippen molar-refractivity contribution in [3.8, 4) is 0 Å². The maximum absolute atomic E-state index is 11.7. The quantitative estimate of drug-likeness (QED) is 0.637. The number of esters is 1. The number of nitrogen functional groups attached to an aromatic ring is 1. The molecule has 1 fully saturated rings. The molecule has 1 aliphatic rings. The second-order valence-electron chi connectivity index (χ2n) is 4.58. The van der Waals surface area contributed by atoms with Crippen LogP contribution in [0.2, 0.25) is 5.02 Å². The molecule has 1 aromatic carbocycles. The summed E-state index contributed by atoms with van der Waals surface area (Å²) in [5, 5.41) is 3.66. The second-order valence-corrected chi connectivity index (χ2v) is 4.98. The first-order valence-corrected chi connectivity index (χ1v) is 6.41. The van der Waals surface area contributed by atoms with Gasteiger partial charge >= 0.3 is 5.97 Å². The van der Waals surface area contributed by atoms with Crippen LogP contribution < -0.4 is 11.1 Å². The Morgan fingerprint density at radius 2 is 2.28 bits per heavy atom. The smallest absolute Gasteiger partial charge is 0.340 e. The fraction of sp³-hybridized carbons (Fsp3) is 0.462. The largest absolute Gasteiger partial charge is 0.465 e. The number of hydrogen-bond acceptors (Lipinski definition) is 4. The van der Waals surface area contributed by atoms with Crippen molar-refractivity contribution >= 4 is 28.9 Å². The summed E-state index contributed by atoms with van der Waals surface area (Å²) in [6, 6.07) is 3.21. The van der Waals surface area contributed by atoms with Crippen LogP contribution in [0.1, 0.15) is 29.6 Å². The van der Waals surface area contributed by atoms with Gasteiger partial charge in [0.2, 0.25) is 0 Å². The molecule has 1 aliphatic carbocycles. The van der Waals surface area contributed by atoms with Gasteiger partial charge in [-0.15, -0.1) is 0 Å². The van der Waals surface area contributed by atoms with Crippen molar-refractivity contribution in [1.29, 1.82) is 0 Å². The molecule has 0 atom stereocenters. The Kier molecular flexibility index (Phi) is 3.97. The highest BCUT2D eigenvalue weighted by Gasteiger charge is 2.21. The van der Waals surface area contributed by atoms with Crippen molar-refractivity contribution < 1.29 is 9.53 Å². The Balaban J connectivity index is 2.16. The maximum atomic E-state index is 11.7. The molecule has 0 radical (unpaired) electrons. The van der Waals surface area contributed by atoms with E-state index in [0.29, 0.717) is 22.0 Å². The number of halogens is 1. The lowest BCUT2D eigenvalue weighted by molar-refractivity contribution is 0.0602. The van der Waals surface area contributed by atoms with Crippen molar-refractivity contribution in [3.63, 3.8) is 0 Å². The maximum Gasteiger partial charge on any atom is 0.340 e. The molecule has 0 heterocycles. The van der Waals surface area contributed by atoms with E-state index in [1.54, 1.807) is 12.1 Å². The fourth-order valence-corrected chi connectivity index (χ4v) is 2.18. The molecule has 18 heavy (non-hydrogen) atoms. The minimum Gasteiger partial charge on any atom is -0.465 e. The van der Waals surface area contributed by atoms with E-state index in [1.807, 2.05) is 0 Å². The number of carbonyl (C=O) groups is 1. The van der Waals surface area contributed by atoms with Gasteiger partial charge in [-0.2, -0.15) is 0 Å². The molecule has 1 saturated carbocycles. The van der Waals surface area contributed by atoms with Gasteiger partial charge in [-0.3, -0.25) is 0 Å². The van der Waals surface area contributed by atoms with E-state index in [1.165, 1.54) is 20.0 Å². The summed E-state index contributed by atoms with van der Waals surface area (Å²) in [4.78, 5) is 11.7. The van der Waals surface area contributed by atoms with E-state index in [-0.39, 0.29) is 0 Å². The first-order valence-electron chi connectivity index (χ1n) is 6.03. The summed E-state index contributed by atoms with van der Waals surface area (Å²) in [5.41, 5.74) is 7.14. The molecule has 4 nitrogen and oxygen atoms in total. The third-order valence-electron chi connectivity index (χ3n) is 3.07. The minimum atomic E-state index is -0.432. The monoisotopic (exact) mass is 268 g/mol. The van der Waals surface area contributed by atoms with Crippen LogP contribution in [0.4, 0.5) is 11.4 Å². The Hall–Kier alpha value is -1.42. The Morgan fingerprint density at radius 3 is 2.89 bits per heavy atom. The number of nitrogens with two attached hydrogens (primary N) is 1. The van der Waals surface area contributed by atoms with Crippen molar-refractivity contribution in [1.82, 2.24) is 0 Å². The zero-order valence-corrected chi connectivity index (χ0v) is 11.1. The standard InChI is InChI=1S/C13H17ClN2O2/c1-18-13(17)10-6-9(15)7-11(14)12(10)16-5-4-8-2-3-8/h6-8,16H,2-5,15H2,1H3. The molecule has 1 aromatic rings. The van der Waals surface area contributed by atoms with Crippen molar-refractivity contribution in [2.75, 3.05) is 24.7 Å². The second kappa shape index (κ2) is 5.48. The first kappa shape index (κ1) is 13.0. The van der Waals surface area contributed by atoms with Crippen molar-refractivity contribution in [3.05, 3.63) is 22.7 Å². The molecule has 0 bridgehead atoms. The lowest BCUT2D eigenvalue weighted by atomic mass is 10.1. The van der Waals surface area contributed by atoms with Gasteiger partial charge in [0.25, 0.3) is 0 Å². The molecule has 2 rings (SSSR count). The predicted molar refractivity (Wildman–Crippen MR) is 73.0 cm³/mol. The molecule has 98 valence electrons. The molecule has 0 saturated heterocycles. The topological polar surface area (TPSA) is 64.3 Å². The van der Waals surface area contributed by atoms with E-state index in [4.69, 9.17) is 22.1 Å². The molecule has 3 N–H and O–H groups in total. The summed E-state index contributed by atoms with van der Waals surface area (Å²) in [7, 11) is 1.34. The SMILES string of the molecule is COC(=O)c1cc(N)cc(Cl)c1NCCC1CC1. The average Bonchev–Trinajstić information content (AvgIpc) is 3.14. The third kappa shape index (κ3) is 3.07. The highest BCUT2D eigenvalue weighted by atomic mass is 35.5. The molecule has 0 unspecified atom stereocenters. The summed E-state index contributed by atoms with van der Waals surface area (Å²) in [6.45, 7) is 0.804. The van der Waals surface area contributed by atoms with Gasteiger partial charge in [0, 0.05) is 12.2 Å². The highest BCUT2D eigenvalue weighted by molar-refractivity contribution is 6.34. The normalized spacial score (nSPS) is 14.3. The van der Waals surface area contributed by atoms with Gasteiger partial charge in [-0.25, -0.2) is 4.79 Å². The van der Waals surface area contributed by atoms with E-state index >= 15 is 0 Å². The molecule has 0 aromatic heterocycles. The zero-order valence-electron chi connectivity index (χ0n) is 10.3. The van der Waals surface area contributed by atoms with E-state index < -0.39 is 5.97 Å². The number of hydrogen-bond donors (Lipinski definition) is 2. The van der Waals surface area contributed by atoms with Crippen LogP contribution in [0.15, 0.2) is 12.1 Å². The molecular formula is C13H17ClN2O2. The van der Waals surface area contributed by atoms with Crippen LogP contribution in [0.25, 0.3) is 0 Å². The van der Waals surface area contributed by atoms with Crippen LogP contribution >= 0.6 is 11.6 Å². The average molecular weight is 269 g/mol. The lowest BCUT2D eigenvalue weighted by Gasteiger charge is -2.13. The number of methoxy groups -OCH3 is 1. The van der Waals surface area contributed by atoms with Crippen LogP contribution in [-0.2, 0) is 4.74 Å². The van der Waals surface area contributed by atoms with Crippen molar-refractivity contribution in [2.45, 2.75) is 19.3 Å². The number of ether oxygens (including phenoxy) is 1. The van der Waals surface area contributed by atoms with Gasteiger partial charge in [0.05, 0.1) is 23.4 Å². The molecule has 0 amide bonds. The van der Waals surface area contributed by atoms with Crippen LogP contribution in [0.5, 0.6) is 0 Å². The van der Waals surface area contributed by atoms with Gasteiger partial charge in [0.1, 0.15) is 0 Å². The van der Waals surface area contributed by atoms with E-state index in [9.17, 15) is 4.79 Å². The Bertz CT molecular complexity index is 459. The van der Waals surface area contributed by atoms with Gasteiger partial charge in [-0.1, -0.05) is 24.4 Å². The van der Waals surface area contributed by atoms with E-state index in [2.05, 4.69) is 5.32 Å². The van der Waals surface area contributed by atoms with Crippen LogP contribution in [0, 0.1) is 5.92 Å². The summed E-state index contributed by atoms with van der Waals surface area (Å²) in [6.07, 6.45) is 3.71. The molecule has 0 spiro atoms. The summed E-state index contributed by atoms with van der Waals surface area (Å²) >= 11 is 6.12. The van der Waals surface area contributed by atoms with Gasteiger partial charge < -0.3 is 15.8 Å². The number of nitrogens with one attached hydrogen (secondary N) is 1. The van der Waals surface area contributed by atoms with Crippen LogP contribution in [-0.4, -0.2) is 19.6 Å². The summed E-state index contributed by atoms with van der Waals surface area (Å²) in [5.74, 6) is 0.393. The number of anilines is 2. The number of carbonyl (C=O) groups excluding carboxylic acids is 1. The number of rotatable bonds is 5. The third-order valence-corrected chi connectivity index (χ3v) is 3.37. The highest BCUT2D eigenvalue weighted by Crippen LogP contribution is 2.33. The first-order chi connectivity index (χ1) is 8.61. The van der Waals surface area contributed by atoms with Gasteiger partial charge in [-0.05, 0) is 24.5 Å². The van der Waals surface area contributed by atoms with Crippen molar-refractivity contribution in [2.24, 2.45) is 5.92 Å². The Morgan fingerprint density at radius 1 is 1.56 bits per heavy atom. The fourth-order valence-electron chi connectivity index (χ4n) is 1.89. The summed E-state index contributed by atoms with van der Waals surface area (Å²) < 4.78 is 4.73. The molecular weight excluding hydrogens is 252 g/mol. The lowest BCUT2D eigenvalue weighted by Crippen LogP contribution is -2.11.